The summed E-state index contributed by atoms with van der Waals surface area (Å²) in [5.74, 6) is 0.483. The van der Waals surface area contributed by atoms with E-state index >= 15 is 0 Å². The van der Waals surface area contributed by atoms with E-state index in [0.717, 1.165) is 32.1 Å². The number of rotatable bonds is 7. The lowest BCUT2D eigenvalue weighted by atomic mass is 9.88. The molecule has 31 heavy (non-hydrogen) atoms. The van der Waals surface area contributed by atoms with E-state index in [1.54, 1.807) is 24.3 Å². The Bertz CT molecular complexity index is 926. The lowest BCUT2D eigenvalue weighted by Gasteiger charge is -2.21. The first-order valence-corrected chi connectivity index (χ1v) is 11.2. The minimum Gasteiger partial charge on any atom is -0.494 e. The molecule has 7 heteroatoms. The molecule has 0 spiro atoms. The van der Waals surface area contributed by atoms with Crippen molar-refractivity contribution in [2.45, 2.75) is 45.4 Å². The van der Waals surface area contributed by atoms with Crippen LogP contribution in [0.2, 0.25) is 0 Å². The van der Waals surface area contributed by atoms with E-state index in [0.29, 0.717) is 29.3 Å². The van der Waals surface area contributed by atoms with Gasteiger partial charge < -0.3 is 15.4 Å². The summed E-state index contributed by atoms with van der Waals surface area (Å²) in [5.41, 5.74) is 1.86. The van der Waals surface area contributed by atoms with Gasteiger partial charge in [-0.25, -0.2) is 0 Å². The summed E-state index contributed by atoms with van der Waals surface area (Å²) in [6.07, 6.45) is 6.23. The van der Waals surface area contributed by atoms with Crippen LogP contribution in [0.25, 0.3) is 0 Å². The molecule has 0 aliphatic heterocycles. The third-order valence-electron chi connectivity index (χ3n) is 5.16. The Kier molecular flexibility index (Phi) is 8.41. The second kappa shape index (κ2) is 11.5. The highest BCUT2D eigenvalue weighted by atomic mass is 32.1. The summed E-state index contributed by atoms with van der Waals surface area (Å²) in [4.78, 5) is 25.0. The molecule has 0 atom stereocenters. The molecule has 2 aromatic carbocycles. The van der Waals surface area contributed by atoms with Gasteiger partial charge in [0.1, 0.15) is 5.75 Å². The first kappa shape index (κ1) is 22.7. The van der Waals surface area contributed by atoms with Gasteiger partial charge >= 0.3 is 0 Å². The summed E-state index contributed by atoms with van der Waals surface area (Å²) < 4.78 is 5.57. The molecule has 0 radical (unpaired) electrons. The molecule has 3 N–H and O–H groups in total. The van der Waals surface area contributed by atoms with Crippen molar-refractivity contribution in [2.24, 2.45) is 5.92 Å². The fourth-order valence-electron chi connectivity index (χ4n) is 3.57. The Morgan fingerprint density at radius 2 is 1.71 bits per heavy atom. The zero-order valence-corrected chi connectivity index (χ0v) is 18.6. The summed E-state index contributed by atoms with van der Waals surface area (Å²) in [6, 6.07) is 14.3. The fraction of sp³-hybridized carbons (Fsp3) is 0.375. The molecule has 164 valence electrons. The van der Waals surface area contributed by atoms with Gasteiger partial charge in [0.05, 0.1) is 6.61 Å². The topological polar surface area (TPSA) is 79.5 Å². The maximum absolute atomic E-state index is 12.5. The summed E-state index contributed by atoms with van der Waals surface area (Å²) >= 11 is 5.29. The van der Waals surface area contributed by atoms with Gasteiger partial charge in [0, 0.05) is 22.9 Å². The van der Waals surface area contributed by atoms with Crippen molar-refractivity contribution in [3.8, 4) is 5.75 Å². The van der Waals surface area contributed by atoms with Crippen LogP contribution in [-0.2, 0) is 4.79 Å². The molecule has 0 aromatic heterocycles. The minimum absolute atomic E-state index is 0.0675. The lowest BCUT2D eigenvalue weighted by molar-refractivity contribution is -0.120. The summed E-state index contributed by atoms with van der Waals surface area (Å²) in [5, 5.41) is 8.85. The molecule has 0 unspecified atom stereocenters. The molecule has 0 heterocycles. The fourth-order valence-corrected chi connectivity index (χ4v) is 3.78. The van der Waals surface area contributed by atoms with Crippen molar-refractivity contribution in [1.82, 2.24) is 5.32 Å². The quantitative estimate of drug-likeness (QED) is 0.522. The monoisotopic (exact) mass is 439 g/mol. The molecule has 1 aliphatic carbocycles. The van der Waals surface area contributed by atoms with Crippen LogP contribution in [-0.4, -0.2) is 23.5 Å². The largest absolute Gasteiger partial charge is 0.494 e. The zero-order valence-electron chi connectivity index (χ0n) is 17.8. The third-order valence-corrected chi connectivity index (χ3v) is 5.36. The molecule has 0 bridgehead atoms. The molecule has 2 aromatic rings. The lowest BCUT2D eigenvalue weighted by Crippen LogP contribution is -2.34. The number of ether oxygens (including phenoxy) is 1. The first-order valence-electron chi connectivity index (χ1n) is 10.8. The predicted molar refractivity (Wildman–Crippen MR) is 128 cm³/mol. The average molecular weight is 440 g/mol. The van der Waals surface area contributed by atoms with Crippen LogP contribution < -0.4 is 20.7 Å². The van der Waals surface area contributed by atoms with E-state index in [1.807, 2.05) is 31.2 Å². The van der Waals surface area contributed by atoms with Crippen LogP contribution in [0.3, 0.4) is 0 Å². The smallest absolute Gasteiger partial charge is 0.257 e. The van der Waals surface area contributed by atoms with Crippen LogP contribution in [0, 0.1) is 5.92 Å². The van der Waals surface area contributed by atoms with E-state index in [1.165, 1.54) is 6.42 Å². The van der Waals surface area contributed by atoms with Crippen LogP contribution in [0.4, 0.5) is 11.4 Å². The zero-order chi connectivity index (χ0) is 22.1. The Morgan fingerprint density at radius 3 is 2.45 bits per heavy atom. The van der Waals surface area contributed by atoms with Gasteiger partial charge in [-0.15, -0.1) is 0 Å². The van der Waals surface area contributed by atoms with Gasteiger partial charge in [0.2, 0.25) is 5.91 Å². The molecule has 1 saturated carbocycles. The van der Waals surface area contributed by atoms with Gasteiger partial charge in [-0.3, -0.25) is 14.9 Å². The number of nitrogens with one attached hydrogen (secondary N) is 3. The number of hydrogen-bond acceptors (Lipinski definition) is 4. The van der Waals surface area contributed by atoms with Crippen LogP contribution >= 0.6 is 12.2 Å². The summed E-state index contributed by atoms with van der Waals surface area (Å²) in [7, 11) is 0. The van der Waals surface area contributed by atoms with Crippen molar-refractivity contribution in [1.29, 1.82) is 0 Å². The van der Waals surface area contributed by atoms with Crippen molar-refractivity contribution in [3.05, 3.63) is 54.1 Å². The molecular weight excluding hydrogens is 410 g/mol. The predicted octanol–water partition coefficient (Wildman–Crippen LogP) is 5.12. The highest BCUT2D eigenvalue weighted by Gasteiger charge is 2.21. The number of benzene rings is 2. The van der Waals surface area contributed by atoms with E-state index < -0.39 is 0 Å². The Labute approximate surface area is 188 Å². The van der Waals surface area contributed by atoms with Crippen molar-refractivity contribution in [3.63, 3.8) is 0 Å². The second-order valence-corrected chi connectivity index (χ2v) is 8.10. The maximum Gasteiger partial charge on any atom is 0.257 e. The second-order valence-electron chi connectivity index (χ2n) is 7.69. The summed E-state index contributed by atoms with van der Waals surface area (Å²) in [6.45, 7) is 2.62. The van der Waals surface area contributed by atoms with Crippen molar-refractivity contribution in [2.75, 3.05) is 17.2 Å². The van der Waals surface area contributed by atoms with E-state index in [-0.39, 0.29) is 22.8 Å². The SMILES string of the molecule is CCCOc1cccc(C(=O)NC(=S)Nc2cccc(NC(=O)C3CCCCC3)c2)c1. The van der Waals surface area contributed by atoms with Gasteiger partial charge in [0.25, 0.3) is 5.91 Å². The number of hydrogen-bond donors (Lipinski definition) is 3. The highest BCUT2D eigenvalue weighted by Crippen LogP contribution is 2.25. The Balaban J connectivity index is 1.55. The van der Waals surface area contributed by atoms with Gasteiger partial charge in [-0.1, -0.05) is 38.3 Å². The highest BCUT2D eigenvalue weighted by molar-refractivity contribution is 7.80. The van der Waals surface area contributed by atoms with E-state index in [2.05, 4.69) is 16.0 Å². The average Bonchev–Trinajstić information content (AvgIpc) is 2.78. The van der Waals surface area contributed by atoms with Gasteiger partial charge in [-0.05, 0) is 67.9 Å². The Morgan fingerprint density at radius 1 is 1.00 bits per heavy atom. The van der Waals surface area contributed by atoms with Crippen LogP contribution in [0.15, 0.2) is 48.5 Å². The Hall–Kier alpha value is -2.93. The third kappa shape index (κ3) is 7.07. The number of anilines is 2. The number of thiocarbonyl (C=S) groups is 1. The molecule has 1 fully saturated rings. The standard InChI is InChI=1S/C24H29N3O3S/c1-2-14-30-21-13-6-10-18(15-21)23(29)27-24(31)26-20-12-7-11-19(16-20)25-22(28)17-8-4-3-5-9-17/h6-7,10-13,15-17H,2-5,8-9,14H2,1H3,(H,25,28)(H2,26,27,29,31). The number of amides is 2. The van der Waals surface area contributed by atoms with Crippen LogP contribution in [0.1, 0.15) is 55.8 Å². The van der Waals surface area contributed by atoms with Gasteiger partial charge in [0.15, 0.2) is 5.11 Å². The molecule has 6 nitrogen and oxygen atoms in total. The number of carbonyl (C=O) groups is 2. The van der Waals surface area contributed by atoms with Crippen LogP contribution in [0.5, 0.6) is 5.75 Å². The van der Waals surface area contributed by atoms with E-state index in [9.17, 15) is 9.59 Å². The molecule has 0 saturated heterocycles. The van der Waals surface area contributed by atoms with Gasteiger partial charge in [-0.2, -0.15) is 0 Å². The van der Waals surface area contributed by atoms with Crippen molar-refractivity contribution < 1.29 is 14.3 Å². The normalized spacial score (nSPS) is 13.8. The minimum atomic E-state index is -0.318. The molecule has 1 aliphatic rings. The first-order chi connectivity index (χ1) is 15.0. The molecule has 3 rings (SSSR count). The van der Waals surface area contributed by atoms with Crippen molar-refractivity contribution >= 4 is 40.5 Å². The maximum atomic E-state index is 12.5. The number of carbonyl (C=O) groups excluding carboxylic acids is 2. The van der Waals surface area contributed by atoms with E-state index in [4.69, 9.17) is 17.0 Å². The molecular formula is C24H29N3O3S. The molecule has 2 amide bonds.